The van der Waals surface area contributed by atoms with E-state index in [2.05, 4.69) is 10.6 Å². The predicted molar refractivity (Wildman–Crippen MR) is 80.8 cm³/mol. The van der Waals surface area contributed by atoms with Gasteiger partial charge in [-0.2, -0.15) is 0 Å². The first-order chi connectivity index (χ1) is 10.1. The lowest BCUT2D eigenvalue weighted by molar-refractivity contribution is -0.384. The maximum absolute atomic E-state index is 11.7. The van der Waals surface area contributed by atoms with Crippen molar-refractivity contribution in [3.8, 4) is 0 Å². The summed E-state index contributed by atoms with van der Waals surface area (Å²) in [6, 6.07) is 6.69. The van der Waals surface area contributed by atoms with Crippen molar-refractivity contribution in [2.45, 2.75) is 25.3 Å². The molecule has 1 fully saturated rings. The molecule has 1 aromatic rings. The van der Waals surface area contributed by atoms with E-state index in [1.807, 2.05) is 0 Å². The first kappa shape index (κ1) is 15.2. The molecule has 6 nitrogen and oxygen atoms in total. The van der Waals surface area contributed by atoms with E-state index in [9.17, 15) is 14.9 Å². The standard InChI is InChI=1S/C15H19N3O3/c19-15(17-10-8-13-4-2-9-16-13)7-6-12-3-1-5-14(11-12)18(20)21/h1,3,5-7,11,13,16H,2,4,8-10H2,(H,17,19)/b7-6+/t13-/m0/s1. The second-order valence-corrected chi connectivity index (χ2v) is 5.06. The van der Waals surface area contributed by atoms with Gasteiger partial charge in [-0.25, -0.2) is 0 Å². The van der Waals surface area contributed by atoms with Crippen molar-refractivity contribution in [1.29, 1.82) is 0 Å². The van der Waals surface area contributed by atoms with Crippen LogP contribution in [0.4, 0.5) is 5.69 Å². The normalized spacial score (nSPS) is 18.0. The van der Waals surface area contributed by atoms with Crippen LogP contribution in [0.5, 0.6) is 0 Å². The fourth-order valence-electron chi connectivity index (χ4n) is 2.35. The van der Waals surface area contributed by atoms with Crippen LogP contribution in [-0.2, 0) is 4.79 Å². The first-order valence-corrected chi connectivity index (χ1v) is 7.09. The van der Waals surface area contributed by atoms with Crippen molar-refractivity contribution < 1.29 is 9.72 Å². The Labute approximate surface area is 123 Å². The molecule has 0 bridgehead atoms. The van der Waals surface area contributed by atoms with Crippen LogP contribution in [0, 0.1) is 10.1 Å². The molecule has 6 heteroatoms. The molecule has 0 radical (unpaired) electrons. The van der Waals surface area contributed by atoms with Crippen LogP contribution < -0.4 is 10.6 Å². The fraction of sp³-hybridized carbons (Fsp3) is 0.400. The zero-order valence-corrected chi connectivity index (χ0v) is 11.7. The summed E-state index contributed by atoms with van der Waals surface area (Å²) in [6.07, 6.45) is 6.28. The number of nitro groups is 1. The molecule has 2 N–H and O–H groups in total. The van der Waals surface area contributed by atoms with E-state index < -0.39 is 4.92 Å². The van der Waals surface area contributed by atoms with Gasteiger partial charge in [-0.3, -0.25) is 14.9 Å². The second-order valence-electron chi connectivity index (χ2n) is 5.06. The number of hydrogen-bond donors (Lipinski definition) is 2. The van der Waals surface area contributed by atoms with Crippen LogP contribution in [0.2, 0.25) is 0 Å². The number of nitro benzene ring substituents is 1. The molecule has 0 aliphatic carbocycles. The molecular weight excluding hydrogens is 270 g/mol. The van der Waals surface area contributed by atoms with Crippen molar-refractivity contribution in [2.24, 2.45) is 0 Å². The molecule has 1 saturated heterocycles. The van der Waals surface area contributed by atoms with E-state index in [4.69, 9.17) is 0 Å². The summed E-state index contributed by atoms with van der Waals surface area (Å²) in [5, 5.41) is 16.8. The third-order valence-corrected chi connectivity index (χ3v) is 3.46. The number of rotatable bonds is 6. The number of carbonyl (C=O) groups excluding carboxylic acids is 1. The molecule has 2 rings (SSSR count). The molecule has 1 aliphatic rings. The van der Waals surface area contributed by atoms with Gasteiger partial charge in [-0.05, 0) is 37.4 Å². The molecule has 0 saturated carbocycles. The van der Waals surface area contributed by atoms with Gasteiger partial charge in [-0.15, -0.1) is 0 Å². The Balaban J connectivity index is 1.78. The van der Waals surface area contributed by atoms with Crippen molar-refractivity contribution in [3.05, 3.63) is 46.0 Å². The highest BCUT2D eigenvalue weighted by Crippen LogP contribution is 2.14. The van der Waals surface area contributed by atoms with Crippen molar-refractivity contribution in [3.63, 3.8) is 0 Å². The van der Waals surface area contributed by atoms with Crippen LogP contribution in [-0.4, -0.2) is 30.0 Å². The molecule has 1 aliphatic heterocycles. The molecule has 0 aromatic heterocycles. The highest BCUT2D eigenvalue weighted by molar-refractivity contribution is 5.91. The number of non-ortho nitro benzene ring substituents is 1. The smallest absolute Gasteiger partial charge is 0.270 e. The van der Waals surface area contributed by atoms with Crippen LogP contribution >= 0.6 is 0 Å². The SMILES string of the molecule is O=C(/C=C/c1cccc([N+](=O)[O-])c1)NCC[C@@H]1CCCN1. The topological polar surface area (TPSA) is 84.3 Å². The summed E-state index contributed by atoms with van der Waals surface area (Å²) in [5.41, 5.74) is 0.654. The summed E-state index contributed by atoms with van der Waals surface area (Å²) in [5.74, 6) is -0.181. The predicted octanol–water partition coefficient (Wildman–Crippen LogP) is 1.87. The number of nitrogens with zero attached hydrogens (tertiary/aromatic N) is 1. The van der Waals surface area contributed by atoms with Crippen molar-refractivity contribution in [2.75, 3.05) is 13.1 Å². The summed E-state index contributed by atoms with van der Waals surface area (Å²) < 4.78 is 0. The highest BCUT2D eigenvalue weighted by Gasteiger charge is 2.13. The summed E-state index contributed by atoms with van der Waals surface area (Å²) in [7, 11) is 0. The third kappa shape index (κ3) is 5.00. The number of amides is 1. The van der Waals surface area contributed by atoms with Gasteiger partial charge in [0, 0.05) is 30.8 Å². The minimum atomic E-state index is -0.452. The Morgan fingerprint density at radius 1 is 1.52 bits per heavy atom. The number of benzene rings is 1. The average molecular weight is 289 g/mol. The number of carbonyl (C=O) groups is 1. The summed E-state index contributed by atoms with van der Waals surface area (Å²) >= 11 is 0. The quantitative estimate of drug-likeness (QED) is 0.475. The maximum atomic E-state index is 11.7. The number of nitrogens with one attached hydrogen (secondary N) is 2. The summed E-state index contributed by atoms with van der Waals surface area (Å²) in [4.78, 5) is 21.9. The lowest BCUT2D eigenvalue weighted by Gasteiger charge is -2.09. The lowest BCUT2D eigenvalue weighted by Crippen LogP contribution is -2.29. The Morgan fingerprint density at radius 2 is 2.38 bits per heavy atom. The Kier molecular flexibility index (Phi) is 5.45. The Morgan fingerprint density at radius 3 is 3.10 bits per heavy atom. The number of hydrogen-bond acceptors (Lipinski definition) is 4. The maximum Gasteiger partial charge on any atom is 0.270 e. The van der Waals surface area contributed by atoms with E-state index in [-0.39, 0.29) is 11.6 Å². The first-order valence-electron chi connectivity index (χ1n) is 7.09. The van der Waals surface area contributed by atoms with Crippen LogP contribution in [0.3, 0.4) is 0 Å². The molecular formula is C15H19N3O3. The van der Waals surface area contributed by atoms with E-state index >= 15 is 0 Å². The molecule has 0 spiro atoms. The highest BCUT2D eigenvalue weighted by atomic mass is 16.6. The Bertz CT molecular complexity index is 537. The molecule has 112 valence electrons. The van der Waals surface area contributed by atoms with Gasteiger partial charge in [0.1, 0.15) is 0 Å². The third-order valence-electron chi connectivity index (χ3n) is 3.46. The molecule has 1 atom stereocenters. The Hall–Kier alpha value is -2.21. The molecule has 1 amide bonds. The van der Waals surface area contributed by atoms with Gasteiger partial charge >= 0.3 is 0 Å². The van der Waals surface area contributed by atoms with Crippen LogP contribution in [0.1, 0.15) is 24.8 Å². The van der Waals surface area contributed by atoms with E-state index in [0.29, 0.717) is 18.2 Å². The monoisotopic (exact) mass is 289 g/mol. The molecule has 21 heavy (non-hydrogen) atoms. The molecule has 1 aromatic carbocycles. The van der Waals surface area contributed by atoms with Gasteiger partial charge in [0.15, 0.2) is 0 Å². The van der Waals surface area contributed by atoms with Crippen LogP contribution in [0.15, 0.2) is 30.3 Å². The second kappa shape index (κ2) is 7.54. The average Bonchev–Trinajstić information content (AvgIpc) is 2.99. The molecule has 1 heterocycles. The van der Waals surface area contributed by atoms with Gasteiger partial charge in [0.25, 0.3) is 5.69 Å². The van der Waals surface area contributed by atoms with Crippen molar-refractivity contribution >= 4 is 17.7 Å². The fourth-order valence-corrected chi connectivity index (χ4v) is 2.35. The zero-order valence-electron chi connectivity index (χ0n) is 11.7. The van der Waals surface area contributed by atoms with Gasteiger partial charge in [0.05, 0.1) is 4.92 Å². The van der Waals surface area contributed by atoms with Gasteiger partial charge < -0.3 is 10.6 Å². The van der Waals surface area contributed by atoms with Gasteiger partial charge in [0.2, 0.25) is 5.91 Å². The van der Waals surface area contributed by atoms with E-state index in [1.165, 1.54) is 31.1 Å². The summed E-state index contributed by atoms with van der Waals surface area (Å²) in [6.45, 7) is 1.70. The molecule has 0 unspecified atom stereocenters. The van der Waals surface area contributed by atoms with Crippen molar-refractivity contribution in [1.82, 2.24) is 10.6 Å². The minimum absolute atomic E-state index is 0.0184. The largest absolute Gasteiger partial charge is 0.352 e. The van der Waals surface area contributed by atoms with Crippen LogP contribution in [0.25, 0.3) is 6.08 Å². The van der Waals surface area contributed by atoms with E-state index in [1.54, 1.807) is 18.2 Å². The minimum Gasteiger partial charge on any atom is -0.352 e. The lowest BCUT2D eigenvalue weighted by atomic mass is 10.1. The van der Waals surface area contributed by atoms with E-state index in [0.717, 1.165) is 13.0 Å². The van der Waals surface area contributed by atoms with Gasteiger partial charge in [-0.1, -0.05) is 12.1 Å². The zero-order chi connectivity index (χ0) is 15.1.